The zero-order chi connectivity index (χ0) is 18.4. The van der Waals surface area contributed by atoms with Crippen LogP contribution in [0.1, 0.15) is 38.5 Å². The van der Waals surface area contributed by atoms with E-state index >= 15 is 0 Å². The Morgan fingerprint density at radius 3 is 2.40 bits per heavy atom. The first kappa shape index (κ1) is 18.4. The number of nitro groups is 1. The minimum Gasteiger partial charge on any atom is -0.481 e. The van der Waals surface area contributed by atoms with Crippen LogP contribution < -0.4 is 5.01 Å². The van der Waals surface area contributed by atoms with Gasteiger partial charge in [0, 0.05) is 31.9 Å². The first-order chi connectivity index (χ1) is 11.9. The number of imide groups is 1. The second-order valence-electron chi connectivity index (χ2n) is 5.67. The molecule has 1 aromatic rings. The number of carboxylic acid groups (broad SMARTS) is 1. The average Bonchev–Trinajstić information content (AvgIpc) is 2.90. The van der Waals surface area contributed by atoms with Crippen molar-refractivity contribution >= 4 is 29.2 Å². The van der Waals surface area contributed by atoms with Gasteiger partial charge in [0.05, 0.1) is 4.92 Å². The van der Waals surface area contributed by atoms with Crippen LogP contribution in [0.4, 0.5) is 11.4 Å². The van der Waals surface area contributed by atoms with Gasteiger partial charge in [0.25, 0.3) is 5.69 Å². The fourth-order valence-electron chi connectivity index (χ4n) is 2.71. The predicted octanol–water partition coefficient (Wildman–Crippen LogP) is 2.11. The molecule has 1 N–H and O–H groups in total. The molecule has 1 aromatic carbocycles. The zero-order valence-electron chi connectivity index (χ0n) is 13.6. The highest BCUT2D eigenvalue weighted by atomic mass is 16.6. The van der Waals surface area contributed by atoms with Crippen LogP contribution in [0, 0.1) is 10.1 Å². The zero-order valence-corrected chi connectivity index (χ0v) is 13.6. The number of rotatable bonds is 9. The minimum absolute atomic E-state index is 0.0348. The molecule has 25 heavy (non-hydrogen) atoms. The van der Waals surface area contributed by atoms with E-state index < -0.39 is 22.7 Å². The van der Waals surface area contributed by atoms with Gasteiger partial charge in [0.1, 0.15) is 5.69 Å². The number of carboxylic acids is 1. The van der Waals surface area contributed by atoms with Crippen LogP contribution in [0.3, 0.4) is 0 Å². The maximum Gasteiger partial charge on any atom is 0.303 e. The third-order valence-corrected chi connectivity index (χ3v) is 3.88. The standard InChI is InChI=1S/C16H19N3O6/c20-14-9-10-15(21)18(14)17(11-5-1-2-8-16(22)23)12-6-3-4-7-13(12)19(24)25/h3-4,6-7H,1-2,5,8-11H2,(H,22,23). The van der Waals surface area contributed by atoms with E-state index in [4.69, 9.17) is 5.11 Å². The number of nitrogens with zero attached hydrogens (tertiary/aromatic N) is 3. The molecule has 0 aliphatic carbocycles. The summed E-state index contributed by atoms with van der Waals surface area (Å²) in [4.78, 5) is 45.4. The van der Waals surface area contributed by atoms with Gasteiger partial charge in [0.2, 0.25) is 11.8 Å². The number of carbonyl (C=O) groups is 3. The monoisotopic (exact) mass is 349 g/mol. The molecule has 0 saturated carbocycles. The Kier molecular flexibility index (Phi) is 6.04. The van der Waals surface area contributed by atoms with Crippen LogP contribution in [0.5, 0.6) is 0 Å². The number of unbranched alkanes of at least 4 members (excludes halogenated alkanes) is 2. The Hall–Kier alpha value is -2.97. The largest absolute Gasteiger partial charge is 0.481 e. The van der Waals surface area contributed by atoms with E-state index in [2.05, 4.69) is 0 Å². The van der Waals surface area contributed by atoms with Crippen molar-refractivity contribution in [1.29, 1.82) is 0 Å². The first-order valence-corrected chi connectivity index (χ1v) is 8.00. The maximum absolute atomic E-state index is 12.1. The molecule has 0 bridgehead atoms. The Bertz CT molecular complexity index is 674. The normalized spacial score (nSPS) is 14.0. The number of benzene rings is 1. The van der Waals surface area contributed by atoms with Gasteiger partial charge >= 0.3 is 5.97 Å². The molecule has 0 atom stereocenters. The van der Waals surface area contributed by atoms with Gasteiger partial charge in [0.15, 0.2) is 0 Å². The van der Waals surface area contributed by atoms with Crippen LogP contribution in [0.2, 0.25) is 0 Å². The van der Waals surface area contributed by atoms with Crippen molar-refractivity contribution in [2.75, 3.05) is 11.6 Å². The topological polar surface area (TPSA) is 121 Å². The third kappa shape index (κ3) is 4.52. The molecule has 9 heteroatoms. The van der Waals surface area contributed by atoms with Crippen molar-refractivity contribution in [3.8, 4) is 0 Å². The van der Waals surface area contributed by atoms with Crippen molar-refractivity contribution < 1.29 is 24.4 Å². The fraction of sp³-hybridized carbons (Fsp3) is 0.438. The van der Waals surface area contributed by atoms with Gasteiger partial charge < -0.3 is 5.11 Å². The highest BCUT2D eigenvalue weighted by Gasteiger charge is 2.36. The van der Waals surface area contributed by atoms with Crippen molar-refractivity contribution in [2.45, 2.75) is 38.5 Å². The number of nitro benzene ring substituents is 1. The molecule has 1 aliphatic heterocycles. The summed E-state index contributed by atoms with van der Waals surface area (Å²) in [5, 5.41) is 22.3. The lowest BCUT2D eigenvalue weighted by Crippen LogP contribution is -2.47. The van der Waals surface area contributed by atoms with E-state index in [9.17, 15) is 24.5 Å². The van der Waals surface area contributed by atoms with Gasteiger partial charge in [-0.05, 0) is 18.9 Å². The maximum atomic E-state index is 12.1. The van der Waals surface area contributed by atoms with E-state index in [1.54, 1.807) is 6.07 Å². The molecule has 1 saturated heterocycles. The highest BCUT2D eigenvalue weighted by Crippen LogP contribution is 2.31. The summed E-state index contributed by atoms with van der Waals surface area (Å²) in [5.41, 5.74) is -0.0186. The summed E-state index contributed by atoms with van der Waals surface area (Å²) in [6.45, 7) is 0.210. The number of amides is 2. The van der Waals surface area contributed by atoms with Crippen LogP contribution in [0.25, 0.3) is 0 Å². The lowest BCUT2D eigenvalue weighted by atomic mass is 10.2. The molecule has 1 heterocycles. The molecule has 0 aromatic heterocycles. The predicted molar refractivity (Wildman–Crippen MR) is 87.6 cm³/mol. The summed E-state index contributed by atoms with van der Waals surface area (Å²) < 4.78 is 0. The molecule has 134 valence electrons. The number of carbonyl (C=O) groups excluding carboxylic acids is 2. The summed E-state index contributed by atoms with van der Waals surface area (Å²) in [6.07, 6.45) is 1.72. The SMILES string of the molecule is O=C(O)CCCCCN(c1ccccc1[N+](=O)[O-])N1C(=O)CCC1=O. The quantitative estimate of drug-likeness (QED) is 0.313. The third-order valence-electron chi connectivity index (χ3n) is 3.88. The number of hydrogen-bond acceptors (Lipinski definition) is 6. The summed E-state index contributed by atoms with van der Waals surface area (Å²) in [5.74, 6) is -1.68. The minimum atomic E-state index is -0.888. The molecule has 2 rings (SSSR count). The van der Waals surface area contributed by atoms with Crippen LogP contribution in [-0.2, 0) is 14.4 Å². The highest BCUT2D eigenvalue weighted by molar-refractivity contribution is 6.03. The van der Waals surface area contributed by atoms with Crippen LogP contribution in [-0.4, -0.2) is 39.4 Å². The fourth-order valence-corrected chi connectivity index (χ4v) is 2.71. The number of para-hydroxylation sites is 2. The summed E-state index contributed by atoms with van der Waals surface area (Å²) in [7, 11) is 0. The second-order valence-corrected chi connectivity index (χ2v) is 5.67. The molecule has 9 nitrogen and oxygen atoms in total. The molecule has 2 amide bonds. The van der Waals surface area contributed by atoms with Gasteiger partial charge in [-0.25, -0.2) is 0 Å². The molecule has 0 spiro atoms. The van der Waals surface area contributed by atoms with Crippen molar-refractivity contribution in [3.63, 3.8) is 0 Å². The van der Waals surface area contributed by atoms with Crippen LogP contribution >= 0.6 is 0 Å². The Balaban J connectivity index is 2.21. The van der Waals surface area contributed by atoms with Crippen molar-refractivity contribution in [2.24, 2.45) is 0 Å². The average molecular weight is 349 g/mol. The van der Waals surface area contributed by atoms with Gasteiger partial charge in [-0.15, -0.1) is 0 Å². The van der Waals surface area contributed by atoms with Crippen molar-refractivity contribution in [1.82, 2.24) is 5.01 Å². The van der Waals surface area contributed by atoms with E-state index in [0.29, 0.717) is 19.3 Å². The second kappa shape index (κ2) is 8.22. The van der Waals surface area contributed by atoms with E-state index in [1.165, 1.54) is 23.2 Å². The molecule has 0 unspecified atom stereocenters. The Morgan fingerprint density at radius 2 is 1.80 bits per heavy atom. The first-order valence-electron chi connectivity index (χ1n) is 8.00. The van der Waals surface area contributed by atoms with Gasteiger partial charge in [-0.1, -0.05) is 18.6 Å². The lowest BCUT2D eigenvalue weighted by molar-refractivity contribution is -0.384. The van der Waals surface area contributed by atoms with E-state index in [-0.39, 0.29) is 37.2 Å². The van der Waals surface area contributed by atoms with E-state index in [1.807, 2.05) is 0 Å². The summed E-state index contributed by atoms with van der Waals surface area (Å²) >= 11 is 0. The summed E-state index contributed by atoms with van der Waals surface area (Å²) in [6, 6.07) is 5.93. The number of aliphatic carboxylic acids is 1. The molecular formula is C16H19N3O6. The van der Waals surface area contributed by atoms with Gasteiger partial charge in [-0.2, -0.15) is 5.01 Å². The molecule has 1 fully saturated rings. The lowest BCUT2D eigenvalue weighted by Gasteiger charge is -2.31. The van der Waals surface area contributed by atoms with Gasteiger partial charge in [-0.3, -0.25) is 29.5 Å². The molecular weight excluding hydrogens is 330 g/mol. The Labute approximate surface area is 143 Å². The van der Waals surface area contributed by atoms with Crippen molar-refractivity contribution in [3.05, 3.63) is 34.4 Å². The smallest absolute Gasteiger partial charge is 0.303 e. The Morgan fingerprint density at radius 1 is 1.16 bits per heavy atom. The molecule has 0 radical (unpaired) electrons. The number of hydrazine groups is 1. The molecule has 1 aliphatic rings. The van der Waals surface area contributed by atoms with E-state index in [0.717, 1.165) is 5.01 Å². The number of hydrogen-bond donors (Lipinski definition) is 1. The number of anilines is 1. The van der Waals surface area contributed by atoms with Crippen LogP contribution in [0.15, 0.2) is 24.3 Å².